The van der Waals surface area contributed by atoms with Crippen LogP contribution in [-0.4, -0.2) is 29.9 Å². The number of hydrogen-bond acceptors (Lipinski definition) is 3. The molecule has 0 aromatic heterocycles. The number of amides is 2. The summed E-state index contributed by atoms with van der Waals surface area (Å²) in [4.78, 5) is 25.2. The van der Waals surface area contributed by atoms with Gasteiger partial charge >= 0.3 is 0 Å². The second kappa shape index (κ2) is 9.08. The summed E-state index contributed by atoms with van der Waals surface area (Å²) in [5.74, 6) is -0.0997. The Kier molecular flexibility index (Phi) is 6.83. The highest BCUT2D eigenvalue weighted by molar-refractivity contribution is 6.31. The molecule has 2 amide bonds. The van der Waals surface area contributed by atoms with Crippen molar-refractivity contribution >= 4 is 23.4 Å². The number of nitrogens with zero attached hydrogens (tertiary/aromatic N) is 1. The van der Waals surface area contributed by atoms with E-state index in [4.69, 9.17) is 22.1 Å². The van der Waals surface area contributed by atoms with E-state index >= 15 is 0 Å². The first kappa shape index (κ1) is 18.8. The first-order valence-electron chi connectivity index (χ1n) is 7.95. The summed E-state index contributed by atoms with van der Waals surface area (Å²) in [7, 11) is 0. The fourth-order valence-electron chi connectivity index (χ4n) is 2.32. The van der Waals surface area contributed by atoms with Crippen molar-refractivity contribution in [2.24, 2.45) is 5.73 Å². The number of halogens is 1. The van der Waals surface area contributed by atoms with Crippen LogP contribution in [0.25, 0.3) is 0 Å². The van der Waals surface area contributed by atoms with Crippen molar-refractivity contribution < 1.29 is 14.3 Å². The van der Waals surface area contributed by atoms with E-state index in [2.05, 4.69) is 0 Å². The number of rotatable bonds is 8. The van der Waals surface area contributed by atoms with Gasteiger partial charge in [0.1, 0.15) is 5.75 Å². The molecule has 132 valence electrons. The zero-order valence-corrected chi connectivity index (χ0v) is 14.8. The summed E-state index contributed by atoms with van der Waals surface area (Å²) in [6.45, 7) is 2.34. The molecule has 6 heteroatoms. The van der Waals surface area contributed by atoms with Gasteiger partial charge in [-0.25, -0.2) is 0 Å². The van der Waals surface area contributed by atoms with Gasteiger partial charge in [0.15, 0.2) is 6.61 Å². The van der Waals surface area contributed by atoms with Crippen molar-refractivity contribution in [3.63, 3.8) is 0 Å². The lowest BCUT2D eigenvalue weighted by Gasteiger charge is -2.22. The molecular formula is C19H21ClN2O3. The van der Waals surface area contributed by atoms with Crippen LogP contribution in [0.4, 0.5) is 0 Å². The number of ether oxygens (including phenoxy) is 1. The predicted octanol–water partition coefficient (Wildman–Crippen LogP) is 2.93. The van der Waals surface area contributed by atoms with Gasteiger partial charge in [-0.2, -0.15) is 0 Å². The Morgan fingerprint density at radius 3 is 2.52 bits per heavy atom. The van der Waals surface area contributed by atoms with E-state index in [0.717, 1.165) is 11.1 Å². The third-order valence-corrected chi connectivity index (χ3v) is 4.18. The summed E-state index contributed by atoms with van der Waals surface area (Å²) < 4.78 is 5.61. The molecule has 0 fully saturated rings. The van der Waals surface area contributed by atoms with E-state index in [1.54, 1.807) is 23.1 Å². The highest BCUT2D eigenvalue weighted by atomic mass is 35.5. The first-order valence-corrected chi connectivity index (χ1v) is 8.33. The number of hydrogen-bond donors (Lipinski definition) is 1. The van der Waals surface area contributed by atoms with Crippen molar-refractivity contribution in [1.82, 2.24) is 4.90 Å². The monoisotopic (exact) mass is 360 g/mol. The standard InChI is InChI=1S/C19H21ClN2O3/c1-14-16(20)8-5-9-17(14)25-13-19(24)22(11-10-18(21)23)12-15-6-3-2-4-7-15/h2-9H,10-13H2,1H3,(H2,21,23). The minimum absolute atomic E-state index is 0.106. The number of nitrogens with two attached hydrogens (primary N) is 1. The fraction of sp³-hybridized carbons (Fsp3) is 0.263. The SMILES string of the molecule is Cc1c(Cl)cccc1OCC(=O)N(CCC(N)=O)Cc1ccccc1. The average molecular weight is 361 g/mol. The fourth-order valence-corrected chi connectivity index (χ4v) is 2.48. The molecule has 0 aliphatic rings. The van der Waals surface area contributed by atoms with Crippen LogP contribution in [0.1, 0.15) is 17.5 Å². The van der Waals surface area contributed by atoms with Gasteiger partial charge < -0.3 is 15.4 Å². The highest BCUT2D eigenvalue weighted by Crippen LogP contribution is 2.25. The molecule has 0 spiro atoms. The van der Waals surface area contributed by atoms with Crippen molar-refractivity contribution in [3.05, 3.63) is 64.7 Å². The molecule has 2 aromatic rings. The van der Waals surface area contributed by atoms with Crippen LogP contribution < -0.4 is 10.5 Å². The number of primary amides is 1. The number of carbonyl (C=O) groups is 2. The van der Waals surface area contributed by atoms with Crippen LogP contribution in [0, 0.1) is 6.92 Å². The maximum atomic E-state index is 12.5. The predicted molar refractivity (Wildman–Crippen MR) is 97.4 cm³/mol. The Morgan fingerprint density at radius 2 is 1.84 bits per heavy atom. The zero-order chi connectivity index (χ0) is 18.2. The molecule has 5 nitrogen and oxygen atoms in total. The van der Waals surface area contributed by atoms with Crippen LogP contribution >= 0.6 is 11.6 Å². The minimum Gasteiger partial charge on any atom is -0.483 e. The van der Waals surface area contributed by atoms with Crippen LogP contribution in [0.15, 0.2) is 48.5 Å². The van der Waals surface area contributed by atoms with Gasteiger partial charge in [-0.1, -0.05) is 48.0 Å². The second-order valence-electron chi connectivity index (χ2n) is 5.67. The van der Waals surface area contributed by atoms with Gasteiger partial charge in [0, 0.05) is 30.1 Å². The molecule has 0 unspecified atom stereocenters. The normalized spacial score (nSPS) is 10.3. The third-order valence-electron chi connectivity index (χ3n) is 3.77. The molecule has 0 radical (unpaired) electrons. The van der Waals surface area contributed by atoms with Crippen molar-refractivity contribution in [2.75, 3.05) is 13.2 Å². The molecule has 25 heavy (non-hydrogen) atoms. The first-order chi connectivity index (χ1) is 12.0. The highest BCUT2D eigenvalue weighted by Gasteiger charge is 2.16. The van der Waals surface area contributed by atoms with Crippen molar-refractivity contribution in [1.29, 1.82) is 0 Å². The van der Waals surface area contributed by atoms with E-state index in [0.29, 0.717) is 17.3 Å². The van der Waals surface area contributed by atoms with Gasteiger partial charge in [-0.3, -0.25) is 9.59 Å². The van der Waals surface area contributed by atoms with Crippen LogP contribution in [0.2, 0.25) is 5.02 Å². The van der Waals surface area contributed by atoms with E-state index < -0.39 is 5.91 Å². The lowest BCUT2D eigenvalue weighted by Crippen LogP contribution is -2.36. The molecule has 0 atom stereocenters. The molecule has 0 heterocycles. The van der Waals surface area contributed by atoms with Gasteiger partial charge in [-0.15, -0.1) is 0 Å². The third kappa shape index (κ3) is 5.80. The lowest BCUT2D eigenvalue weighted by molar-refractivity contribution is -0.134. The molecule has 0 saturated heterocycles. The van der Waals surface area contributed by atoms with Gasteiger partial charge in [0.2, 0.25) is 5.91 Å². The molecule has 2 N–H and O–H groups in total. The topological polar surface area (TPSA) is 72.6 Å². The minimum atomic E-state index is -0.447. The van der Waals surface area contributed by atoms with Gasteiger partial charge in [-0.05, 0) is 24.6 Å². The average Bonchev–Trinajstić information content (AvgIpc) is 2.60. The van der Waals surface area contributed by atoms with E-state index in [9.17, 15) is 9.59 Å². The zero-order valence-electron chi connectivity index (χ0n) is 14.1. The Labute approximate surface area is 152 Å². The lowest BCUT2D eigenvalue weighted by atomic mass is 10.2. The van der Waals surface area contributed by atoms with E-state index in [1.807, 2.05) is 37.3 Å². The molecule has 2 aromatic carbocycles. The summed E-state index contributed by atoms with van der Waals surface area (Å²) >= 11 is 6.06. The van der Waals surface area contributed by atoms with Crippen LogP contribution in [-0.2, 0) is 16.1 Å². The Bertz CT molecular complexity index is 735. The van der Waals surface area contributed by atoms with Crippen LogP contribution in [0.5, 0.6) is 5.75 Å². The molecule has 0 aliphatic heterocycles. The van der Waals surface area contributed by atoms with Crippen molar-refractivity contribution in [2.45, 2.75) is 19.9 Å². The van der Waals surface area contributed by atoms with Gasteiger partial charge in [0.25, 0.3) is 5.91 Å². The smallest absolute Gasteiger partial charge is 0.260 e. The molecule has 0 bridgehead atoms. The quantitative estimate of drug-likeness (QED) is 0.786. The molecule has 2 rings (SSSR count). The second-order valence-corrected chi connectivity index (χ2v) is 6.08. The summed E-state index contributed by atoms with van der Waals surface area (Å²) in [5, 5.41) is 0.583. The number of benzene rings is 2. The summed E-state index contributed by atoms with van der Waals surface area (Å²) in [5.41, 5.74) is 6.97. The van der Waals surface area contributed by atoms with E-state index in [-0.39, 0.29) is 25.5 Å². The molecular weight excluding hydrogens is 340 g/mol. The maximum absolute atomic E-state index is 12.5. The Hall–Kier alpha value is -2.53. The molecule has 0 saturated carbocycles. The van der Waals surface area contributed by atoms with Crippen LogP contribution in [0.3, 0.4) is 0 Å². The summed E-state index contributed by atoms with van der Waals surface area (Å²) in [6.07, 6.45) is 0.106. The van der Waals surface area contributed by atoms with Crippen molar-refractivity contribution in [3.8, 4) is 5.75 Å². The number of carbonyl (C=O) groups excluding carboxylic acids is 2. The Morgan fingerprint density at radius 1 is 1.12 bits per heavy atom. The summed E-state index contributed by atoms with van der Waals surface area (Å²) in [6, 6.07) is 14.8. The Balaban J connectivity index is 2.03. The largest absolute Gasteiger partial charge is 0.483 e. The van der Waals surface area contributed by atoms with E-state index in [1.165, 1.54) is 0 Å². The molecule has 0 aliphatic carbocycles. The maximum Gasteiger partial charge on any atom is 0.260 e. The van der Waals surface area contributed by atoms with Gasteiger partial charge in [0.05, 0.1) is 0 Å².